The van der Waals surface area contributed by atoms with Crippen molar-refractivity contribution in [3.8, 4) is 0 Å². The molecule has 0 saturated carbocycles. The van der Waals surface area contributed by atoms with Gasteiger partial charge in [-0.25, -0.2) is 0 Å². The molecule has 1 saturated heterocycles. The molecule has 0 aromatic carbocycles. The van der Waals surface area contributed by atoms with Crippen LogP contribution in [-0.4, -0.2) is 50.1 Å². The number of carbonyl (C=O) groups is 1. The number of nitrogens with zero attached hydrogens (tertiary/aromatic N) is 1. The lowest BCUT2D eigenvalue weighted by Crippen LogP contribution is -2.53. The van der Waals surface area contributed by atoms with Crippen molar-refractivity contribution in [2.75, 3.05) is 39.3 Å². The first kappa shape index (κ1) is 15.4. The van der Waals surface area contributed by atoms with Gasteiger partial charge < -0.3 is 15.5 Å². The number of likely N-dealkylation sites (tertiary alicyclic amines) is 1. The van der Waals surface area contributed by atoms with Gasteiger partial charge in [0.2, 0.25) is 5.91 Å². The fourth-order valence-corrected chi connectivity index (χ4v) is 2.32. The number of nitrogens with one attached hydrogen (secondary N) is 2. The summed E-state index contributed by atoms with van der Waals surface area (Å²) in [4.78, 5) is 14.1. The van der Waals surface area contributed by atoms with E-state index in [9.17, 15) is 4.79 Å². The molecule has 4 heteroatoms. The van der Waals surface area contributed by atoms with Crippen LogP contribution >= 0.6 is 0 Å². The summed E-state index contributed by atoms with van der Waals surface area (Å²) in [6, 6.07) is 0. The maximum atomic E-state index is 11.8. The van der Waals surface area contributed by atoms with Crippen LogP contribution in [0, 0.1) is 5.92 Å². The van der Waals surface area contributed by atoms with Crippen LogP contribution in [0.3, 0.4) is 0 Å². The highest BCUT2D eigenvalue weighted by Gasteiger charge is 2.31. The van der Waals surface area contributed by atoms with Crippen molar-refractivity contribution < 1.29 is 7.65 Å². The van der Waals surface area contributed by atoms with E-state index in [1.807, 2.05) is 0 Å². The van der Waals surface area contributed by atoms with Gasteiger partial charge in [-0.05, 0) is 38.9 Å². The molecule has 0 unspecified atom stereocenters. The van der Waals surface area contributed by atoms with Gasteiger partial charge in [0, 0.05) is 22.5 Å². The van der Waals surface area contributed by atoms with E-state index in [1.165, 1.54) is 19.3 Å². The summed E-state index contributed by atoms with van der Waals surface area (Å²) in [5.41, 5.74) is 0. The zero-order chi connectivity index (χ0) is 13.2. The highest BCUT2D eigenvalue weighted by atomic mass is 16.2. The molecule has 110 valence electrons. The topological polar surface area (TPSA) is 44.4 Å². The lowest BCUT2D eigenvalue weighted by Gasteiger charge is -2.38. The zero-order valence-corrected chi connectivity index (χ0v) is 12.0. The third kappa shape index (κ3) is 5.83. The third-order valence-electron chi connectivity index (χ3n) is 3.45. The van der Waals surface area contributed by atoms with E-state index >= 15 is 0 Å². The first-order chi connectivity index (χ1) is 8.77. The molecular weight excluding hydrogens is 226 g/mol. The van der Waals surface area contributed by atoms with Crippen molar-refractivity contribution in [1.29, 1.82) is 0 Å². The molecule has 1 fully saturated rings. The van der Waals surface area contributed by atoms with Gasteiger partial charge in [0.15, 0.2) is 0 Å². The second kappa shape index (κ2) is 9.34. The van der Waals surface area contributed by atoms with E-state index in [2.05, 4.69) is 29.4 Å². The highest BCUT2D eigenvalue weighted by Crippen LogP contribution is 2.15. The molecule has 0 aliphatic carbocycles. The maximum Gasteiger partial charge on any atom is 0.225 e. The average molecular weight is 259 g/mol. The zero-order valence-electron chi connectivity index (χ0n) is 12.0. The first-order valence-corrected chi connectivity index (χ1v) is 7.48. The van der Waals surface area contributed by atoms with Crippen LogP contribution in [0.4, 0.5) is 0 Å². The monoisotopic (exact) mass is 259 g/mol. The standard InChI is InChI=1S/C14H29N3O.2H2/c1-3-10-17-11-13(12-17)14(18)16-9-7-5-6-8-15-4-2;;/h13,15H,3-12H2,1-2H3,(H,16,18);2*1H. The van der Waals surface area contributed by atoms with E-state index in [1.54, 1.807) is 0 Å². The van der Waals surface area contributed by atoms with Gasteiger partial charge >= 0.3 is 0 Å². The molecule has 1 aliphatic heterocycles. The fourth-order valence-electron chi connectivity index (χ4n) is 2.32. The Labute approximate surface area is 114 Å². The first-order valence-electron chi connectivity index (χ1n) is 7.48. The average Bonchev–Trinajstić information content (AvgIpc) is 2.32. The molecule has 1 rings (SSSR count). The highest BCUT2D eigenvalue weighted by molar-refractivity contribution is 5.79. The van der Waals surface area contributed by atoms with E-state index in [-0.39, 0.29) is 14.7 Å². The Morgan fingerprint density at radius 3 is 2.61 bits per heavy atom. The van der Waals surface area contributed by atoms with Crippen molar-refractivity contribution in [1.82, 2.24) is 15.5 Å². The predicted octanol–water partition coefficient (Wildman–Crippen LogP) is 1.72. The number of unbranched alkanes of at least 4 members (excludes halogenated alkanes) is 2. The number of amides is 1. The molecular formula is C14H33N3O. The van der Waals surface area contributed by atoms with Crippen LogP contribution in [-0.2, 0) is 4.79 Å². The molecule has 0 radical (unpaired) electrons. The van der Waals surface area contributed by atoms with Gasteiger partial charge in [-0.2, -0.15) is 0 Å². The van der Waals surface area contributed by atoms with Crippen LogP contribution in [0.15, 0.2) is 0 Å². The SMILES string of the molecule is CCCN1CC(C(=O)NCCCCCNCC)C1.[HH].[HH]. The number of carbonyl (C=O) groups excluding carboxylic acids is 1. The van der Waals surface area contributed by atoms with Crippen LogP contribution < -0.4 is 10.6 Å². The molecule has 18 heavy (non-hydrogen) atoms. The minimum absolute atomic E-state index is 0. The van der Waals surface area contributed by atoms with Gasteiger partial charge in [0.25, 0.3) is 0 Å². The molecule has 0 bridgehead atoms. The van der Waals surface area contributed by atoms with Gasteiger partial charge in [0.1, 0.15) is 0 Å². The smallest absolute Gasteiger partial charge is 0.225 e. The Kier molecular flexibility index (Phi) is 8.01. The lowest BCUT2D eigenvalue weighted by atomic mass is 9.99. The second-order valence-corrected chi connectivity index (χ2v) is 5.16. The van der Waals surface area contributed by atoms with Crippen molar-refractivity contribution in [3.05, 3.63) is 0 Å². The Balaban J connectivity index is 0. The second-order valence-electron chi connectivity index (χ2n) is 5.16. The van der Waals surface area contributed by atoms with Crippen LogP contribution in [0.1, 0.15) is 42.4 Å². The minimum atomic E-state index is 0. The maximum absolute atomic E-state index is 11.8. The summed E-state index contributed by atoms with van der Waals surface area (Å²) in [5.74, 6) is 0.507. The summed E-state index contributed by atoms with van der Waals surface area (Å²) in [6.45, 7) is 10.3. The fraction of sp³-hybridized carbons (Fsp3) is 0.929. The summed E-state index contributed by atoms with van der Waals surface area (Å²) in [6.07, 6.45) is 4.68. The number of hydrogen-bond acceptors (Lipinski definition) is 3. The van der Waals surface area contributed by atoms with Crippen LogP contribution in [0.25, 0.3) is 0 Å². The Bertz CT molecular complexity index is 236. The van der Waals surface area contributed by atoms with Crippen LogP contribution in [0.2, 0.25) is 0 Å². The van der Waals surface area contributed by atoms with Gasteiger partial charge in [-0.15, -0.1) is 0 Å². The Morgan fingerprint density at radius 1 is 1.22 bits per heavy atom. The van der Waals surface area contributed by atoms with Gasteiger partial charge in [-0.3, -0.25) is 4.79 Å². The van der Waals surface area contributed by atoms with E-state index in [4.69, 9.17) is 0 Å². The van der Waals surface area contributed by atoms with Crippen LogP contribution in [0.5, 0.6) is 0 Å². The van der Waals surface area contributed by atoms with E-state index in [0.717, 1.165) is 45.7 Å². The molecule has 1 heterocycles. The van der Waals surface area contributed by atoms with Crippen molar-refractivity contribution >= 4 is 5.91 Å². The third-order valence-corrected chi connectivity index (χ3v) is 3.45. The summed E-state index contributed by atoms with van der Waals surface area (Å²) < 4.78 is 0. The van der Waals surface area contributed by atoms with Crippen molar-refractivity contribution in [3.63, 3.8) is 0 Å². The molecule has 0 atom stereocenters. The van der Waals surface area contributed by atoms with E-state index < -0.39 is 0 Å². The molecule has 0 aromatic rings. The molecule has 1 aliphatic rings. The number of hydrogen-bond donors (Lipinski definition) is 2. The Hall–Kier alpha value is -0.610. The molecule has 1 amide bonds. The summed E-state index contributed by atoms with van der Waals surface area (Å²) >= 11 is 0. The number of rotatable bonds is 10. The Morgan fingerprint density at radius 2 is 1.94 bits per heavy atom. The molecule has 2 N–H and O–H groups in total. The van der Waals surface area contributed by atoms with Gasteiger partial charge in [-0.1, -0.05) is 20.3 Å². The summed E-state index contributed by atoms with van der Waals surface area (Å²) in [7, 11) is 0. The van der Waals surface area contributed by atoms with Gasteiger partial charge in [0.05, 0.1) is 5.92 Å². The lowest BCUT2D eigenvalue weighted by molar-refractivity contribution is -0.130. The normalized spacial score (nSPS) is 16.6. The van der Waals surface area contributed by atoms with Crippen molar-refractivity contribution in [2.45, 2.75) is 39.5 Å². The van der Waals surface area contributed by atoms with E-state index in [0.29, 0.717) is 0 Å². The largest absolute Gasteiger partial charge is 0.356 e. The quantitative estimate of drug-likeness (QED) is 0.587. The van der Waals surface area contributed by atoms with Crippen molar-refractivity contribution in [2.24, 2.45) is 5.92 Å². The minimum Gasteiger partial charge on any atom is -0.356 e. The molecule has 4 nitrogen and oxygen atoms in total. The molecule has 0 aromatic heterocycles. The molecule has 0 spiro atoms. The predicted molar refractivity (Wildman–Crippen MR) is 79.9 cm³/mol. The summed E-state index contributed by atoms with van der Waals surface area (Å²) in [5, 5.41) is 6.36.